The van der Waals surface area contributed by atoms with E-state index < -0.39 is 0 Å². The van der Waals surface area contributed by atoms with Crippen molar-refractivity contribution >= 4 is 11.6 Å². The quantitative estimate of drug-likeness (QED) is 0.843. The molecule has 1 aromatic rings. The molecule has 1 unspecified atom stereocenters. The molecule has 5 nitrogen and oxygen atoms in total. The fourth-order valence-electron chi connectivity index (χ4n) is 2.39. The van der Waals surface area contributed by atoms with Gasteiger partial charge in [-0.25, -0.2) is 9.97 Å². The molecule has 5 heteroatoms. The molecule has 0 spiro atoms. The van der Waals surface area contributed by atoms with Gasteiger partial charge in [0, 0.05) is 25.7 Å². The summed E-state index contributed by atoms with van der Waals surface area (Å²) in [7, 11) is 4.25. The molecule has 2 rings (SSSR count). The number of anilines is 2. The van der Waals surface area contributed by atoms with Gasteiger partial charge in [0.2, 0.25) is 0 Å². The molecule has 2 N–H and O–H groups in total. The summed E-state index contributed by atoms with van der Waals surface area (Å²) in [5.74, 6) is 2.18. The number of nitrogens with two attached hydrogens (primary N) is 1. The minimum atomic E-state index is 0.541. The highest BCUT2D eigenvalue weighted by atomic mass is 15.2. The van der Waals surface area contributed by atoms with E-state index in [1.54, 1.807) is 0 Å². The van der Waals surface area contributed by atoms with Crippen molar-refractivity contribution in [2.24, 2.45) is 0 Å². The number of hydrogen-bond acceptors (Lipinski definition) is 5. The predicted octanol–water partition coefficient (Wildman–Crippen LogP) is 0.898. The monoisotopic (exact) mass is 235 g/mol. The van der Waals surface area contributed by atoms with Crippen LogP contribution in [0.2, 0.25) is 0 Å². The summed E-state index contributed by atoms with van der Waals surface area (Å²) in [6, 6.07) is 2.46. The van der Waals surface area contributed by atoms with Gasteiger partial charge in [0.15, 0.2) is 0 Å². The molecule has 0 amide bonds. The van der Waals surface area contributed by atoms with Crippen LogP contribution < -0.4 is 10.6 Å². The van der Waals surface area contributed by atoms with Crippen LogP contribution in [-0.2, 0) is 0 Å². The molecule has 0 saturated carbocycles. The molecule has 1 atom stereocenters. The number of likely N-dealkylation sites (N-methyl/N-ethyl adjacent to an activating group) is 2. The maximum atomic E-state index is 5.74. The number of likely N-dealkylation sites (tertiary alicyclic amines) is 1. The third kappa shape index (κ3) is 2.85. The molecule has 0 aromatic carbocycles. The van der Waals surface area contributed by atoms with Gasteiger partial charge in [0.05, 0.1) is 0 Å². The highest BCUT2D eigenvalue weighted by molar-refractivity contribution is 5.46. The van der Waals surface area contributed by atoms with Crippen LogP contribution in [0.4, 0.5) is 11.6 Å². The topological polar surface area (TPSA) is 58.3 Å². The number of nitrogen functional groups attached to an aromatic ring is 1. The molecule has 94 valence electrons. The van der Waals surface area contributed by atoms with E-state index in [4.69, 9.17) is 5.73 Å². The van der Waals surface area contributed by atoms with Crippen LogP contribution in [0, 0.1) is 6.92 Å². The van der Waals surface area contributed by atoms with Crippen LogP contribution in [0.25, 0.3) is 0 Å². The Morgan fingerprint density at radius 2 is 2.29 bits per heavy atom. The summed E-state index contributed by atoms with van der Waals surface area (Å²) in [6.07, 6.45) is 2.56. The normalized spacial score (nSPS) is 20.8. The van der Waals surface area contributed by atoms with Crippen molar-refractivity contribution in [1.29, 1.82) is 0 Å². The minimum Gasteiger partial charge on any atom is -0.384 e. The van der Waals surface area contributed by atoms with Crippen molar-refractivity contribution in [3.8, 4) is 0 Å². The van der Waals surface area contributed by atoms with Gasteiger partial charge >= 0.3 is 0 Å². The van der Waals surface area contributed by atoms with E-state index in [9.17, 15) is 0 Å². The second-order valence-corrected chi connectivity index (χ2v) is 4.86. The second-order valence-electron chi connectivity index (χ2n) is 4.86. The van der Waals surface area contributed by atoms with Gasteiger partial charge in [-0.1, -0.05) is 0 Å². The van der Waals surface area contributed by atoms with Crippen molar-refractivity contribution in [3.05, 3.63) is 11.9 Å². The molecular formula is C12H21N5. The van der Waals surface area contributed by atoms with Crippen molar-refractivity contribution in [2.75, 3.05) is 37.8 Å². The first kappa shape index (κ1) is 12.1. The highest BCUT2D eigenvalue weighted by Gasteiger charge is 2.22. The maximum Gasteiger partial charge on any atom is 0.134 e. The maximum absolute atomic E-state index is 5.74. The summed E-state index contributed by atoms with van der Waals surface area (Å²) in [5, 5.41) is 0. The van der Waals surface area contributed by atoms with Gasteiger partial charge in [-0.3, -0.25) is 0 Å². The summed E-state index contributed by atoms with van der Waals surface area (Å²) < 4.78 is 0. The summed E-state index contributed by atoms with van der Waals surface area (Å²) in [5.41, 5.74) is 5.74. The summed E-state index contributed by atoms with van der Waals surface area (Å²) in [6.45, 7) is 4.06. The molecule has 1 aromatic heterocycles. The third-order valence-electron chi connectivity index (χ3n) is 3.39. The highest BCUT2D eigenvalue weighted by Crippen LogP contribution is 2.19. The van der Waals surface area contributed by atoms with Gasteiger partial charge in [-0.15, -0.1) is 0 Å². The zero-order valence-electron chi connectivity index (χ0n) is 10.8. The number of rotatable bonds is 3. The minimum absolute atomic E-state index is 0.541. The lowest BCUT2D eigenvalue weighted by Gasteiger charge is -2.26. The van der Waals surface area contributed by atoms with Crippen molar-refractivity contribution < 1.29 is 0 Å². The first-order chi connectivity index (χ1) is 8.06. The van der Waals surface area contributed by atoms with Gasteiger partial charge in [-0.2, -0.15) is 0 Å². The number of hydrogen-bond donors (Lipinski definition) is 1. The van der Waals surface area contributed by atoms with Crippen LogP contribution in [0.5, 0.6) is 0 Å². The fourth-order valence-corrected chi connectivity index (χ4v) is 2.39. The first-order valence-electron chi connectivity index (χ1n) is 6.09. The average Bonchev–Trinajstić information content (AvgIpc) is 2.63. The summed E-state index contributed by atoms with van der Waals surface area (Å²) >= 11 is 0. The Hall–Kier alpha value is -1.36. The standard InChI is InChI=1S/C12H21N5/c1-9-14-11(13)7-12(15-9)17(3)8-10-5-4-6-16(10)2/h7,10H,4-6,8H2,1-3H3,(H2,13,14,15). The van der Waals surface area contributed by atoms with E-state index in [2.05, 4.69) is 33.9 Å². The predicted molar refractivity (Wildman–Crippen MR) is 70.1 cm³/mol. The van der Waals surface area contributed by atoms with E-state index in [0.29, 0.717) is 11.9 Å². The van der Waals surface area contributed by atoms with E-state index >= 15 is 0 Å². The number of aryl methyl sites for hydroxylation is 1. The molecule has 0 aliphatic carbocycles. The number of aromatic nitrogens is 2. The van der Waals surface area contributed by atoms with Gasteiger partial charge in [-0.05, 0) is 33.4 Å². The van der Waals surface area contributed by atoms with Crippen molar-refractivity contribution in [3.63, 3.8) is 0 Å². The lowest BCUT2D eigenvalue weighted by molar-refractivity contribution is 0.314. The van der Waals surface area contributed by atoms with Crippen LogP contribution in [0.15, 0.2) is 6.07 Å². The SMILES string of the molecule is Cc1nc(N)cc(N(C)CC2CCCN2C)n1. The smallest absolute Gasteiger partial charge is 0.134 e. The van der Waals surface area contributed by atoms with E-state index in [0.717, 1.165) is 18.2 Å². The van der Waals surface area contributed by atoms with Crippen LogP contribution in [0.1, 0.15) is 18.7 Å². The second kappa shape index (κ2) is 4.87. The average molecular weight is 235 g/mol. The van der Waals surface area contributed by atoms with Crippen molar-refractivity contribution in [1.82, 2.24) is 14.9 Å². The Balaban J connectivity index is 2.06. The largest absolute Gasteiger partial charge is 0.384 e. The Morgan fingerprint density at radius 3 is 2.88 bits per heavy atom. The lowest BCUT2D eigenvalue weighted by Crippen LogP contribution is -2.37. The van der Waals surface area contributed by atoms with Gasteiger partial charge in [0.1, 0.15) is 17.5 Å². The first-order valence-corrected chi connectivity index (χ1v) is 6.09. The molecule has 0 bridgehead atoms. The molecule has 17 heavy (non-hydrogen) atoms. The lowest BCUT2D eigenvalue weighted by atomic mass is 10.2. The third-order valence-corrected chi connectivity index (χ3v) is 3.39. The Bertz CT molecular complexity index is 372. The summed E-state index contributed by atoms with van der Waals surface area (Å²) in [4.78, 5) is 13.1. The van der Waals surface area contributed by atoms with Gasteiger partial charge in [0.25, 0.3) is 0 Å². The Labute approximate surface area is 103 Å². The van der Waals surface area contributed by atoms with Crippen LogP contribution in [0.3, 0.4) is 0 Å². The van der Waals surface area contributed by atoms with Crippen LogP contribution in [-0.4, -0.2) is 48.1 Å². The molecule has 1 aliphatic heterocycles. The van der Waals surface area contributed by atoms with E-state index in [1.165, 1.54) is 19.4 Å². The number of nitrogens with zero attached hydrogens (tertiary/aromatic N) is 4. The zero-order valence-corrected chi connectivity index (χ0v) is 10.8. The van der Waals surface area contributed by atoms with Gasteiger partial charge < -0.3 is 15.5 Å². The molecule has 1 saturated heterocycles. The molecular weight excluding hydrogens is 214 g/mol. The van der Waals surface area contributed by atoms with Crippen LogP contribution >= 0.6 is 0 Å². The van der Waals surface area contributed by atoms with E-state index in [-0.39, 0.29) is 0 Å². The fraction of sp³-hybridized carbons (Fsp3) is 0.667. The molecule has 2 heterocycles. The molecule has 1 aliphatic rings. The molecule has 0 radical (unpaired) electrons. The van der Waals surface area contributed by atoms with Crippen molar-refractivity contribution in [2.45, 2.75) is 25.8 Å². The Kier molecular flexibility index (Phi) is 3.47. The van der Waals surface area contributed by atoms with E-state index in [1.807, 2.05) is 13.0 Å². The zero-order chi connectivity index (χ0) is 12.4. The Morgan fingerprint density at radius 1 is 1.53 bits per heavy atom. The molecule has 1 fully saturated rings.